The predicted octanol–water partition coefficient (Wildman–Crippen LogP) is 3.46. The van der Waals surface area contributed by atoms with Crippen LogP contribution in [0.5, 0.6) is 0 Å². The fourth-order valence-electron chi connectivity index (χ4n) is 2.80. The molecule has 1 aromatic heterocycles. The van der Waals surface area contributed by atoms with Gasteiger partial charge in [0.05, 0.1) is 10.9 Å². The second-order valence-electron chi connectivity index (χ2n) is 6.04. The van der Waals surface area contributed by atoms with Gasteiger partial charge in [-0.3, -0.25) is 0 Å². The van der Waals surface area contributed by atoms with Crippen LogP contribution in [0.4, 0.5) is 4.39 Å². The number of benzene rings is 1. The summed E-state index contributed by atoms with van der Waals surface area (Å²) < 4.78 is 45.4. The number of halogens is 1. The molecule has 7 heteroatoms. The van der Waals surface area contributed by atoms with Crippen LogP contribution in [0, 0.1) is 5.82 Å². The Morgan fingerprint density at radius 2 is 2.00 bits per heavy atom. The van der Waals surface area contributed by atoms with Crippen LogP contribution in [-0.2, 0) is 10.0 Å². The van der Waals surface area contributed by atoms with Crippen molar-refractivity contribution in [2.75, 3.05) is 6.54 Å². The highest BCUT2D eigenvalue weighted by atomic mass is 32.2. The minimum absolute atomic E-state index is 0.0957. The molecule has 1 aliphatic heterocycles. The molecule has 0 radical (unpaired) electrons. The van der Waals surface area contributed by atoms with E-state index in [9.17, 15) is 12.8 Å². The summed E-state index contributed by atoms with van der Waals surface area (Å²) in [7, 11) is -3.68. The molecule has 2 aromatic rings. The van der Waals surface area contributed by atoms with Crippen molar-refractivity contribution in [3.8, 4) is 0 Å². The first kappa shape index (κ1) is 16.1. The van der Waals surface area contributed by atoms with Crippen molar-refractivity contribution >= 4 is 10.0 Å². The van der Waals surface area contributed by atoms with Gasteiger partial charge in [0.1, 0.15) is 17.3 Å². The predicted molar refractivity (Wildman–Crippen MR) is 82.9 cm³/mol. The molecule has 1 atom stereocenters. The van der Waals surface area contributed by atoms with Crippen LogP contribution in [0.3, 0.4) is 0 Å². The van der Waals surface area contributed by atoms with E-state index in [-0.39, 0.29) is 16.9 Å². The van der Waals surface area contributed by atoms with E-state index in [0.717, 1.165) is 24.3 Å². The molecular weight excluding hydrogens is 319 g/mol. The van der Waals surface area contributed by atoms with E-state index >= 15 is 0 Å². The SMILES string of the molecule is CC(C)c1cc([C@@H]2CCCN2S(=O)(=O)c2ccc(F)cc2)no1. The zero-order chi connectivity index (χ0) is 16.6. The average molecular weight is 338 g/mol. The maximum absolute atomic E-state index is 13.0. The molecule has 124 valence electrons. The first-order valence-electron chi connectivity index (χ1n) is 7.63. The summed E-state index contributed by atoms with van der Waals surface area (Å²) in [5, 5.41) is 4.05. The van der Waals surface area contributed by atoms with Crippen molar-refractivity contribution in [1.29, 1.82) is 0 Å². The van der Waals surface area contributed by atoms with Gasteiger partial charge in [0.15, 0.2) is 0 Å². The molecule has 1 fully saturated rings. The number of hydrogen-bond donors (Lipinski definition) is 0. The third kappa shape index (κ3) is 3.03. The second-order valence-corrected chi connectivity index (χ2v) is 7.93. The van der Waals surface area contributed by atoms with Gasteiger partial charge in [0, 0.05) is 18.5 Å². The van der Waals surface area contributed by atoms with E-state index in [2.05, 4.69) is 5.16 Å². The summed E-state index contributed by atoms with van der Waals surface area (Å²) in [4.78, 5) is 0.0957. The van der Waals surface area contributed by atoms with Gasteiger partial charge >= 0.3 is 0 Å². The highest BCUT2D eigenvalue weighted by Crippen LogP contribution is 2.36. The lowest BCUT2D eigenvalue weighted by molar-refractivity contribution is 0.338. The van der Waals surface area contributed by atoms with Crippen LogP contribution in [0.2, 0.25) is 0 Å². The first-order valence-corrected chi connectivity index (χ1v) is 9.07. The number of hydrogen-bond acceptors (Lipinski definition) is 4. The molecular formula is C16H19FN2O3S. The van der Waals surface area contributed by atoms with E-state index in [1.54, 1.807) is 0 Å². The van der Waals surface area contributed by atoms with E-state index in [1.165, 1.54) is 16.4 Å². The largest absolute Gasteiger partial charge is 0.361 e. The molecule has 0 N–H and O–H groups in total. The van der Waals surface area contributed by atoms with Gasteiger partial charge < -0.3 is 4.52 Å². The van der Waals surface area contributed by atoms with E-state index in [4.69, 9.17) is 4.52 Å². The average Bonchev–Trinajstić information content (AvgIpc) is 3.16. The number of nitrogens with zero attached hydrogens (tertiary/aromatic N) is 2. The van der Waals surface area contributed by atoms with Crippen LogP contribution in [0.15, 0.2) is 39.8 Å². The zero-order valence-corrected chi connectivity index (χ0v) is 13.9. The van der Waals surface area contributed by atoms with E-state index in [0.29, 0.717) is 18.7 Å². The monoisotopic (exact) mass is 338 g/mol. The summed E-state index contributed by atoms with van der Waals surface area (Å²) in [6, 6.07) is 6.40. The van der Waals surface area contributed by atoms with Gasteiger partial charge in [-0.15, -0.1) is 0 Å². The Balaban J connectivity index is 1.92. The lowest BCUT2D eigenvalue weighted by Crippen LogP contribution is -2.30. The maximum atomic E-state index is 13.0. The lowest BCUT2D eigenvalue weighted by Gasteiger charge is -2.22. The Labute approximate surface area is 135 Å². The molecule has 0 saturated carbocycles. The normalized spacial score (nSPS) is 19.6. The van der Waals surface area contributed by atoms with Gasteiger partial charge in [-0.25, -0.2) is 12.8 Å². The first-order chi connectivity index (χ1) is 10.9. The van der Waals surface area contributed by atoms with Crippen LogP contribution < -0.4 is 0 Å². The molecule has 0 unspecified atom stereocenters. The zero-order valence-electron chi connectivity index (χ0n) is 13.1. The van der Waals surface area contributed by atoms with Crippen molar-refractivity contribution < 1.29 is 17.3 Å². The molecule has 2 heterocycles. The number of aromatic nitrogens is 1. The highest BCUT2D eigenvalue weighted by Gasteiger charge is 2.38. The maximum Gasteiger partial charge on any atom is 0.243 e. The smallest absolute Gasteiger partial charge is 0.243 e. The van der Waals surface area contributed by atoms with Crippen LogP contribution in [-0.4, -0.2) is 24.4 Å². The topological polar surface area (TPSA) is 63.4 Å². The van der Waals surface area contributed by atoms with E-state index in [1.807, 2.05) is 19.9 Å². The molecule has 1 aromatic carbocycles. The van der Waals surface area contributed by atoms with Crippen molar-refractivity contribution in [3.63, 3.8) is 0 Å². The second kappa shape index (κ2) is 6.05. The number of rotatable bonds is 4. The van der Waals surface area contributed by atoms with Crippen molar-refractivity contribution in [1.82, 2.24) is 9.46 Å². The van der Waals surface area contributed by atoms with Gasteiger partial charge in [-0.2, -0.15) is 4.31 Å². The summed E-state index contributed by atoms with van der Waals surface area (Å²) in [5.41, 5.74) is 0.636. The molecule has 1 aliphatic rings. The van der Waals surface area contributed by atoms with Gasteiger partial charge in [-0.1, -0.05) is 19.0 Å². The fourth-order valence-corrected chi connectivity index (χ4v) is 4.47. The Bertz CT molecular complexity index is 784. The third-order valence-electron chi connectivity index (χ3n) is 4.08. The van der Waals surface area contributed by atoms with Gasteiger partial charge in [0.25, 0.3) is 0 Å². The molecule has 5 nitrogen and oxygen atoms in total. The molecule has 0 spiro atoms. The Morgan fingerprint density at radius 3 is 2.61 bits per heavy atom. The summed E-state index contributed by atoms with van der Waals surface area (Å²) in [6.45, 7) is 4.41. The van der Waals surface area contributed by atoms with Crippen LogP contribution in [0.1, 0.15) is 50.1 Å². The molecule has 23 heavy (non-hydrogen) atoms. The molecule has 0 bridgehead atoms. The molecule has 1 saturated heterocycles. The van der Waals surface area contributed by atoms with Crippen LogP contribution >= 0.6 is 0 Å². The summed E-state index contributed by atoms with van der Waals surface area (Å²) in [6.07, 6.45) is 1.46. The quantitative estimate of drug-likeness (QED) is 0.856. The Morgan fingerprint density at radius 1 is 1.30 bits per heavy atom. The highest BCUT2D eigenvalue weighted by molar-refractivity contribution is 7.89. The minimum Gasteiger partial charge on any atom is -0.361 e. The summed E-state index contributed by atoms with van der Waals surface area (Å²) >= 11 is 0. The third-order valence-corrected chi connectivity index (χ3v) is 6.00. The minimum atomic E-state index is -3.68. The van der Waals surface area contributed by atoms with Gasteiger partial charge in [-0.05, 0) is 37.1 Å². The Kier molecular flexibility index (Phi) is 4.25. The number of sulfonamides is 1. The fraction of sp³-hybridized carbons (Fsp3) is 0.438. The van der Waals surface area contributed by atoms with Crippen molar-refractivity contribution in [3.05, 3.63) is 47.6 Å². The van der Waals surface area contributed by atoms with Crippen molar-refractivity contribution in [2.45, 2.75) is 43.5 Å². The standard InChI is InChI=1S/C16H19FN2O3S/c1-11(2)16-10-14(18-22-16)15-4-3-9-19(15)23(20,21)13-7-5-12(17)6-8-13/h5-8,10-11,15H,3-4,9H2,1-2H3/t15-/m0/s1. The van der Waals surface area contributed by atoms with Crippen LogP contribution in [0.25, 0.3) is 0 Å². The Hall–Kier alpha value is -1.73. The molecule has 3 rings (SSSR count). The molecule has 0 amide bonds. The lowest BCUT2D eigenvalue weighted by atomic mass is 10.1. The van der Waals surface area contributed by atoms with E-state index < -0.39 is 15.8 Å². The molecule has 0 aliphatic carbocycles. The van der Waals surface area contributed by atoms with Crippen molar-refractivity contribution in [2.24, 2.45) is 0 Å². The summed E-state index contributed by atoms with van der Waals surface area (Å²) in [5.74, 6) is 0.478. The van der Waals surface area contributed by atoms with Gasteiger partial charge in [0.2, 0.25) is 10.0 Å².